The van der Waals surface area contributed by atoms with Crippen molar-refractivity contribution in [2.45, 2.75) is 392 Å². The number of rotatable bonds is 64. The molecule has 6 heteroatoms. The minimum atomic E-state index is -0.839. The summed E-state index contributed by atoms with van der Waals surface area (Å²) in [6.45, 7) is 4.90. The highest BCUT2D eigenvalue weighted by molar-refractivity contribution is 5.76. The predicted molar refractivity (Wildman–Crippen MR) is 329 cm³/mol. The van der Waals surface area contributed by atoms with Gasteiger partial charge in [-0.15, -0.1) is 0 Å². The largest absolute Gasteiger partial charge is 0.466 e. The maximum absolute atomic E-state index is 12.4. The van der Waals surface area contributed by atoms with E-state index >= 15 is 0 Å². The van der Waals surface area contributed by atoms with Gasteiger partial charge in [0.2, 0.25) is 5.91 Å². The van der Waals surface area contributed by atoms with E-state index in [4.69, 9.17) is 4.74 Å². The second kappa shape index (κ2) is 64.9. The average Bonchev–Trinajstić information content (AvgIpc) is 3.41. The molecule has 444 valence electrons. The van der Waals surface area contributed by atoms with Crippen LogP contribution >= 0.6 is 0 Å². The van der Waals surface area contributed by atoms with Crippen LogP contribution < -0.4 is 5.32 Å². The zero-order valence-corrected chi connectivity index (χ0v) is 50.8. The summed E-state index contributed by atoms with van der Waals surface area (Å²) in [5.41, 5.74) is 0. The van der Waals surface area contributed by atoms with Crippen molar-refractivity contribution in [3.05, 3.63) is 24.3 Å². The summed E-state index contributed by atoms with van der Waals surface area (Å²) in [6.07, 6.45) is 81.4. The van der Waals surface area contributed by atoms with Gasteiger partial charge in [0.05, 0.1) is 25.4 Å². The first-order valence-electron chi connectivity index (χ1n) is 34.1. The summed E-state index contributed by atoms with van der Waals surface area (Å²) < 4.78 is 5.48. The molecule has 0 bridgehead atoms. The lowest BCUT2D eigenvalue weighted by molar-refractivity contribution is -0.143. The van der Waals surface area contributed by atoms with E-state index in [-0.39, 0.29) is 18.5 Å². The fraction of sp³-hybridized carbons (Fsp3) is 0.913. The summed E-state index contributed by atoms with van der Waals surface area (Å²) in [4.78, 5) is 24.4. The minimum absolute atomic E-state index is 0.0222. The number of carbonyl (C=O) groups excluding carboxylic acids is 2. The molecule has 1 amide bonds. The summed E-state index contributed by atoms with van der Waals surface area (Å²) >= 11 is 0. The Labute approximate surface area is 469 Å². The second-order valence-corrected chi connectivity index (χ2v) is 23.5. The fourth-order valence-corrected chi connectivity index (χ4v) is 10.7. The van der Waals surface area contributed by atoms with Crippen LogP contribution in [0.2, 0.25) is 0 Å². The van der Waals surface area contributed by atoms with Crippen molar-refractivity contribution in [2.75, 3.05) is 13.2 Å². The Bertz CT molecular complexity index is 1170. The number of amides is 1. The molecule has 6 nitrogen and oxygen atoms in total. The van der Waals surface area contributed by atoms with Crippen LogP contribution in [0.15, 0.2) is 24.3 Å². The maximum Gasteiger partial charge on any atom is 0.305 e. The lowest BCUT2D eigenvalue weighted by atomic mass is 10.0. The zero-order chi connectivity index (χ0) is 54.3. The summed E-state index contributed by atoms with van der Waals surface area (Å²) in [5.74, 6) is -0.0431. The smallest absolute Gasteiger partial charge is 0.305 e. The van der Waals surface area contributed by atoms with Gasteiger partial charge in [-0.2, -0.15) is 0 Å². The quantitative estimate of drug-likeness (QED) is 0.0320. The molecule has 0 aromatic heterocycles. The van der Waals surface area contributed by atoms with Crippen LogP contribution in [0.25, 0.3) is 0 Å². The molecule has 0 radical (unpaired) electrons. The zero-order valence-electron chi connectivity index (χ0n) is 50.8. The Morgan fingerprint density at radius 2 is 0.627 bits per heavy atom. The molecule has 0 aliphatic carbocycles. The first-order chi connectivity index (χ1) is 37.0. The molecular formula is C69H133NO5. The fourth-order valence-electron chi connectivity index (χ4n) is 10.7. The molecule has 0 heterocycles. The van der Waals surface area contributed by atoms with Crippen molar-refractivity contribution in [2.24, 2.45) is 0 Å². The van der Waals surface area contributed by atoms with Crippen molar-refractivity contribution in [1.82, 2.24) is 5.32 Å². The molecule has 0 aliphatic heterocycles. The lowest BCUT2D eigenvalue weighted by Crippen LogP contribution is -2.45. The van der Waals surface area contributed by atoms with Gasteiger partial charge >= 0.3 is 5.97 Å². The molecule has 0 spiro atoms. The molecule has 0 aliphatic rings. The third-order valence-electron chi connectivity index (χ3n) is 16.0. The van der Waals surface area contributed by atoms with Gasteiger partial charge in [0.25, 0.3) is 0 Å². The van der Waals surface area contributed by atoms with Crippen LogP contribution in [0.3, 0.4) is 0 Å². The van der Waals surface area contributed by atoms with E-state index in [0.717, 1.165) is 38.5 Å². The molecule has 2 atom stereocenters. The van der Waals surface area contributed by atoms with Crippen molar-refractivity contribution in [3.8, 4) is 0 Å². The van der Waals surface area contributed by atoms with Gasteiger partial charge in [-0.25, -0.2) is 0 Å². The molecule has 2 unspecified atom stereocenters. The number of hydrogen-bond acceptors (Lipinski definition) is 5. The van der Waals surface area contributed by atoms with Crippen LogP contribution in [0, 0.1) is 0 Å². The van der Waals surface area contributed by atoms with E-state index in [0.29, 0.717) is 19.4 Å². The number of ether oxygens (including phenoxy) is 1. The molecule has 0 saturated heterocycles. The predicted octanol–water partition coefficient (Wildman–Crippen LogP) is 21.8. The number of aliphatic hydroxyl groups is 2. The second-order valence-electron chi connectivity index (χ2n) is 23.5. The SMILES string of the molecule is CCCCCCCCC/C=C/C(O)C(CO)NC(=O)CCCCCCCCCCCCCCCCCCC/C=C\CCCCCCCCCCCCCCCCCCOC(=O)CCCCCCCCCCCCCC. The number of hydrogen-bond donors (Lipinski definition) is 3. The van der Waals surface area contributed by atoms with E-state index in [1.165, 1.54) is 315 Å². The lowest BCUT2D eigenvalue weighted by Gasteiger charge is -2.20. The van der Waals surface area contributed by atoms with Gasteiger partial charge in [-0.1, -0.05) is 334 Å². The van der Waals surface area contributed by atoms with Crippen LogP contribution in [0.4, 0.5) is 0 Å². The van der Waals surface area contributed by atoms with E-state index in [1.807, 2.05) is 6.08 Å². The number of aliphatic hydroxyl groups excluding tert-OH is 2. The molecule has 0 aromatic rings. The van der Waals surface area contributed by atoms with Gasteiger partial charge in [0.1, 0.15) is 0 Å². The molecule has 0 aromatic carbocycles. The third-order valence-corrected chi connectivity index (χ3v) is 16.0. The van der Waals surface area contributed by atoms with E-state index in [2.05, 4.69) is 31.3 Å². The van der Waals surface area contributed by atoms with Crippen molar-refractivity contribution >= 4 is 11.9 Å². The van der Waals surface area contributed by atoms with E-state index in [9.17, 15) is 19.8 Å². The Hall–Kier alpha value is -1.66. The monoisotopic (exact) mass is 1060 g/mol. The molecule has 0 saturated carbocycles. The van der Waals surface area contributed by atoms with E-state index in [1.54, 1.807) is 6.08 Å². The Morgan fingerprint density at radius 1 is 0.360 bits per heavy atom. The molecule has 0 fully saturated rings. The number of carbonyl (C=O) groups is 2. The summed E-state index contributed by atoms with van der Waals surface area (Å²) in [7, 11) is 0. The first-order valence-corrected chi connectivity index (χ1v) is 34.1. The Balaban J connectivity index is 3.30. The molecule has 3 N–H and O–H groups in total. The maximum atomic E-state index is 12.4. The van der Waals surface area contributed by atoms with Gasteiger partial charge in [-0.3, -0.25) is 9.59 Å². The Kier molecular flexibility index (Phi) is 63.4. The number of allylic oxidation sites excluding steroid dienone is 3. The van der Waals surface area contributed by atoms with Gasteiger partial charge in [0, 0.05) is 12.8 Å². The van der Waals surface area contributed by atoms with Crippen LogP contribution in [0.1, 0.15) is 380 Å². The highest BCUT2D eigenvalue weighted by Crippen LogP contribution is 2.18. The molecule has 75 heavy (non-hydrogen) atoms. The number of esters is 1. The highest BCUT2D eigenvalue weighted by Gasteiger charge is 2.18. The van der Waals surface area contributed by atoms with Crippen molar-refractivity contribution in [1.29, 1.82) is 0 Å². The van der Waals surface area contributed by atoms with Gasteiger partial charge in [-0.05, 0) is 57.8 Å². The normalized spacial score (nSPS) is 12.6. The average molecular weight is 1060 g/mol. The van der Waals surface area contributed by atoms with Crippen LogP contribution in [-0.4, -0.2) is 47.4 Å². The van der Waals surface area contributed by atoms with Gasteiger partial charge < -0.3 is 20.3 Å². The number of nitrogens with one attached hydrogen (secondary N) is 1. The van der Waals surface area contributed by atoms with Crippen molar-refractivity contribution in [3.63, 3.8) is 0 Å². The minimum Gasteiger partial charge on any atom is -0.466 e. The van der Waals surface area contributed by atoms with Crippen LogP contribution in [-0.2, 0) is 14.3 Å². The standard InChI is InChI=1S/C69H133NO5/c1-3-5-7-9-11-13-14-43-47-51-55-59-63-69(74)75-64-60-56-52-48-44-41-39-37-35-33-31-29-27-25-23-21-19-17-15-16-18-20-22-24-26-28-30-32-34-36-38-40-42-46-50-54-58-62-68(73)70-66(65-71)67(72)61-57-53-49-45-12-10-8-6-4-2/h15,17,57,61,66-67,71-72H,3-14,16,18-56,58-60,62-65H2,1-2H3,(H,70,73)/b17-15-,61-57+. The third kappa shape index (κ3) is 61.4. The number of unbranched alkanes of at least 4 members (excludes halogenated alkanes) is 51. The van der Waals surface area contributed by atoms with Crippen LogP contribution in [0.5, 0.6) is 0 Å². The topological polar surface area (TPSA) is 95.9 Å². The molecule has 0 rings (SSSR count). The summed E-state index contributed by atoms with van der Waals surface area (Å²) in [6, 6.07) is -0.622. The Morgan fingerprint density at radius 3 is 0.947 bits per heavy atom. The van der Waals surface area contributed by atoms with Gasteiger partial charge in [0.15, 0.2) is 0 Å². The first kappa shape index (κ1) is 73.3. The highest BCUT2D eigenvalue weighted by atomic mass is 16.5. The van der Waals surface area contributed by atoms with E-state index < -0.39 is 12.1 Å². The summed E-state index contributed by atoms with van der Waals surface area (Å²) in [5, 5.41) is 23.0. The molecular weight excluding hydrogens is 923 g/mol. The van der Waals surface area contributed by atoms with Crippen molar-refractivity contribution < 1.29 is 24.5 Å².